The lowest BCUT2D eigenvalue weighted by Crippen LogP contribution is -2.36. The maximum Gasteiger partial charge on any atom is 0.261 e. The zero-order chi connectivity index (χ0) is 17.6. The molecule has 0 aliphatic heterocycles. The molecule has 1 atom stereocenters. The summed E-state index contributed by atoms with van der Waals surface area (Å²) >= 11 is 6.18. The summed E-state index contributed by atoms with van der Waals surface area (Å²) in [5, 5.41) is 7.49. The van der Waals surface area contributed by atoms with E-state index in [0.717, 1.165) is 11.3 Å². The van der Waals surface area contributed by atoms with E-state index < -0.39 is 6.10 Å². The molecule has 3 aromatic rings. The molecule has 1 aromatic heterocycles. The predicted octanol–water partition coefficient (Wildman–Crippen LogP) is 3.61. The van der Waals surface area contributed by atoms with Crippen LogP contribution in [-0.2, 0) is 11.3 Å². The van der Waals surface area contributed by atoms with Crippen LogP contribution in [0.25, 0.3) is 5.69 Å². The van der Waals surface area contributed by atoms with E-state index in [4.69, 9.17) is 16.3 Å². The Bertz CT molecular complexity index is 834. The summed E-state index contributed by atoms with van der Waals surface area (Å²) in [6.45, 7) is 2.11. The number of rotatable bonds is 6. The highest BCUT2D eigenvalue weighted by Crippen LogP contribution is 2.24. The van der Waals surface area contributed by atoms with Crippen molar-refractivity contribution in [3.8, 4) is 11.6 Å². The maximum absolute atomic E-state index is 12.2. The molecule has 128 valence electrons. The summed E-state index contributed by atoms with van der Waals surface area (Å²) in [7, 11) is 0. The fraction of sp³-hybridized carbons (Fsp3) is 0.158. The van der Waals surface area contributed by atoms with Gasteiger partial charge in [0.2, 0.25) is 0 Å². The second-order valence-electron chi connectivity index (χ2n) is 5.53. The lowest BCUT2D eigenvalue weighted by atomic mass is 10.2. The number of carbonyl (C=O) groups is 1. The number of hydrogen-bond donors (Lipinski definition) is 1. The average molecular weight is 356 g/mol. The van der Waals surface area contributed by atoms with Crippen molar-refractivity contribution in [3.05, 3.63) is 77.4 Å². The molecule has 0 fully saturated rings. The Labute approximate surface area is 151 Å². The maximum atomic E-state index is 12.2. The van der Waals surface area contributed by atoms with Crippen LogP contribution >= 0.6 is 11.6 Å². The topological polar surface area (TPSA) is 56.2 Å². The monoisotopic (exact) mass is 355 g/mol. The second kappa shape index (κ2) is 7.85. The smallest absolute Gasteiger partial charge is 0.261 e. The molecule has 0 saturated carbocycles. The van der Waals surface area contributed by atoms with E-state index in [1.807, 2.05) is 60.7 Å². The van der Waals surface area contributed by atoms with Crippen LogP contribution in [0.2, 0.25) is 5.02 Å². The van der Waals surface area contributed by atoms with Crippen molar-refractivity contribution in [1.82, 2.24) is 15.1 Å². The largest absolute Gasteiger partial charge is 0.462 e. The summed E-state index contributed by atoms with van der Waals surface area (Å²) in [6, 6.07) is 19.2. The van der Waals surface area contributed by atoms with Crippen molar-refractivity contribution >= 4 is 17.5 Å². The molecule has 0 unspecified atom stereocenters. The van der Waals surface area contributed by atoms with Crippen LogP contribution in [-0.4, -0.2) is 21.8 Å². The van der Waals surface area contributed by atoms with Crippen LogP contribution in [0, 0.1) is 0 Å². The van der Waals surface area contributed by atoms with Gasteiger partial charge in [-0.3, -0.25) is 4.79 Å². The minimum absolute atomic E-state index is 0.228. The summed E-state index contributed by atoms with van der Waals surface area (Å²) in [4.78, 5) is 12.2. The predicted molar refractivity (Wildman–Crippen MR) is 97.0 cm³/mol. The van der Waals surface area contributed by atoms with Gasteiger partial charge in [0.1, 0.15) is 5.02 Å². The van der Waals surface area contributed by atoms with E-state index in [-0.39, 0.29) is 11.8 Å². The summed E-state index contributed by atoms with van der Waals surface area (Å²) in [5.41, 5.74) is 1.88. The van der Waals surface area contributed by atoms with Gasteiger partial charge in [-0.05, 0) is 24.6 Å². The summed E-state index contributed by atoms with van der Waals surface area (Å²) in [6.07, 6.45) is 0.946. The standard InChI is InChI=1S/C19H18ClN3O2/c1-14(18(24)21-12-15-8-4-2-5-9-15)25-19-17(20)13-23(22-19)16-10-6-3-7-11-16/h2-11,13-14H,12H2,1H3,(H,21,24)/t14-/m0/s1. The van der Waals surface area contributed by atoms with Crippen LogP contribution in [0.1, 0.15) is 12.5 Å². The number of halogens is 1. The van der Waals surface area contributed by atoms with E-state index in [2.05, 4.69) is 10.4 Å². The van der Waals surface area contributed by atoms with Gasteiger partial charge in [-0.15, -0.1) is 5.10 Å². The first-order chi connectivity index (χ1) is 12.1. The number of amides is 1. The number of ether oxygens (including phenoxy) is 1. The SMILES string of the molecule is C[C@H](Oc1nn(-c2ccccc2)cc1Cl)C(=O)NCc1ccccc1. The van der Waals surface area contributed by atoms with Crippen molar-refractivity contribution in [1.29, 1.82) is 0 Å². The van der Waals surface area contributed by atoms with E-state index in [0.29, 0.717) is 11.6 Å². The van der Waals surface area contributed by atoms with Gasteiger partial charge in [0.05, 0.1) is 11.9 Å². The normalized spacial score (nSPS) is 11.8. The number of aromatic nitrogens is 2. The quantitative estimate of drug-likeness (QED) is 0.735. The average Bonchev–Trinajstić information content (AvgIpc) is 3.02. The second-order valence-corrected chi connectivity index (χ2v) is 5.93. The minimum Gasteiger partial charge on any atom is -0.462 e. The summed E-state index contributed by atoms with van der Waals surface area (Å²) in [5.74, 6) is 0.00191. The number of nitrogens with zero attached hydrogens (tertiary/aromatic N) is 2. The van der Waals surface area contributed by atoms with Crippen LogP contribution in [0.3, 0.4) is 0 Å². The van der Waals surface area contributed by atoms with Crippen LogP contribution in [0.4, 0.5) is 0 Å². The first kappa shape index (κ1) is 17.0. The van der Waals surface area contributed by atoms with Gasteiger partial charge in [0.25, 0.3) is 11.8 Å². The number of carbonyl (C=O) groups excluding carboxylic acids is 1. The van der Waals surface area contributed by atoms with Gasteiger partial charge in [0.15, 0.2) is 6.10 Å². The third-order valence-corrected chi connectivity index (χ3v) is 3.89. The molecule has 0 aliphatic carbocycles. The molecule has 0 saturated heterocycles. The fourth-order valence-corrected chi connectivity index (χ4v) is 2.45. The highest BCUT2D eigenvalue weighted by atomic mass is 35.5. The molecule has 6 heteroatoms. The fourth-order valence-electron chi connectivity index (χ4n) is 2.28. The van der Waals surface area contributed by atoms with Gasteiger partial charge in [0, 0.05) is 6.54 Å². The van der Waals surface area contributed by atoms with Crippen molar-refractivity contribution in [2.24, 2.45) is 0 Å². The lowest BCUT2D eigenvalue weighted by Gasteiger charge is -2.13. The molecule has 2 aromatic carbocycles. The first-order valence-corrected chi connectivity index (χ1v) is 8.30. The van der Waals surface area contributed by atoms with Crippen molar-refractivity contribution in [3.63, 3.8) is 0 Å². The molecular weight excluding hydrogens is 338 g/mol. The van der Waals surface area contributed by atoms with Crippen molar-refractivity contribution in [2.75, 3.05) is 0 Å². The molecule has 0 radical (unpaired) electrons. The van der Waals surface area contributed by atoms with Gasteiger partial charge in [-0.2, -0.15) is 0 Å². The van der Waals surface area contributed by atoms with E-state index in [9.17, 15) is 4.79 Å². The summed E-state index contributed by atoms with van der Waals surface area (Å²) < 4.78 is 7.24. The van der Waals surface area contributed by atoms with Crippen LogP contribution in [0.5, 0.6) is 5.88 Å². The zero-order valence-electron chi connectivity index (χ0n) is 13.7. The molecule has 0 aliphatic rings. The number of hydrogen-bond acceptors (Lipinski definition) is 3. The molecule has 3 rings (SSSR count). The molecule has 1 heterocycles. The van der Waals surface area contributed by atoms with Gasteiger partial charge >= 0.3 is 0 Å². The third-order valence-electron chi connectivity index (χ3n) is 3.63. The van der Waals surface area contributed by atoms with Gasteiger partial charge < -0.3 is 10.1 Å². The Morgan fingerprint density at radius 1 is 1.16 bits per heavy atom. The highest BCUT2D eigenvalue weighted by Gasteiger charge is 2.18. The molecule has 25 heavy (non-hydrogen) atoms. The zero-order valence-corrected chi connectivity index (χ0v) is 14.5. The highest BCUT2D eigenvalue weighted by molar-refractivity contribution is 6.31. The first-order valence-electron chi connectivity index (χ1n) is 7.92. The van der Waals surface area contributed by atoms with Crippen molar-refractivity contribution < 1.29 is 9.53 Å². The Morgan fingerprint density at radius 3 is 2.48 bits per heavy atom. The Kier molecular flexibility index (Phi) is 5.36. The molecule has 0 bridgehead atoms. The third kappa shape index (κ3) is 4.39. The van der Waals surface area contributed by atoms with Crippen LogP contribution < -0.4 is 10.1 Å². The number of benzene rings is 2. The molecule has 1 N–H and O–H groups in total. The van der Waals surface area contributed by atoms with E-state index in [1.54, 1.807) is 17.8 Å². The molecular formula is C19H18ClN3O2. The number of para-hydroxylation sites is 1. The van der Waals surface area contributed by atoms with E-state index in [1.165, 1.54) is 0 Å². The molecule has 1 amide bonds. The minimum atomic E-state index is -0.708. The van der Waals surface area contributed by atoms with Crippen LogP contribution in [0.15, 0.2) is 66.9 Å². The Morgan fingerprint density at radius 2 is 1.80 bits per heavy atom. The van der Waals surface area contributed by atoms with Gasteiger partial charge in [-0.25, -0.2) is 4.68 Å². The van der Waals surface area contributed by atoms with Gasteiger partial charge in [-0.1, -0.05) is 60.1 Å². The van der Waals surface area contributed by atoms with Crippen molar-refractivity contribution in [2.45, 2.75) is 19.6 Å². The molecule has 0 spiro atoms. The Balaban J connectivity index is 1.61. The Hall–Kier alpha value is -2.79. The number of nitrogens with one attached hydrogen (secondary N) is 1. The van der Waals surface area contributed by atoms with E-state index >= 15 is 0 Å². The molecule has 5 nitrogen and oxygen atoms in total. The lowest BCUT2D eigenvalue weighted by molar-refractivity contribution is -0.127.